The van der Waals surface area contributed by atoms with E-state index < -0.39 is 0 Å². The van der Waals surface area contributed by atoms with Crippen molar-refractivity contribution < 1.29 is 4.79 Å². The van der Waals surface area contributed by atoms with Gasteiger partial charge in [-0.15, -0.1) is 0 Å². The highest BCUT2D eigenvalue weighted by molar-refractivity contribution is 6.30. The third kappa shape index (κ3) is 3.42. The summed E-state index contributed by atoms with van der Waals surface area (Å²) in [6.07, 6.45) is 3.42. The first kappa shape index (κ1) is 17.9. The summed E-state index contributed by atoms with van der Waals surface area (Å²) < 4.78 is 1.86. The van der Waals surface area contributed by atoms with Crippen molar-refractivity contribution >= 4 is 28.5 Å². The van der Waals surface area contributed by atoms with E-state index in [2.05, 4.69) is 29.2 Å². The number of nitrogens with one attached hydrogen (secondary N) is 1. The van der Waals surface area contributed by atoms with Gasteiger partial charge in [0.25, 0.3) is 5.91 Å². The number of fused-ring (bicyclic) bond motifs is 1. The second kappa shape index (κ2) is 7.29. The number of benzene rings is 1. The van der Waals surface area contributed by atoms with E-state index in [-0.39, 0.29) is 18.0 Å². The molecule has 0 saturated carbocycles. The fourth-order valence-electron chi connectivity index (χ4n) is 3.56. The Morgan fingerprint density at radius 2 is 2.15 bits per heavy atom. The maximum atomic E-state index is 13.3. The van der Waals surface area contributed by atoms with E-state index in [4.69, 9.17) is 11.6 Å². The highest BCUT2D eigenvalue weighted by atomic mass is 35.5. The van der Waals surface area contributed by atoms with Gasteiger partial charge in [0.05, 0.1) is 17.8 Å². The fraction of sp³-hybridized carbons (Fsp3) is 0.350. The standard InChI is InChI=1S/C20H22ClN5O/c1-13(2)26-19-15(11-24-26)8-16(10-23-19)20(27)25-7-6-22-12-18(25)14-4-3-5-17(21)9-14/h3-5,8-11,13,18,22H,6-7,12H2,1-2H3. The highest BCUT2D eigenvalue weighted by Gasteiger charge is 2.29. The molecule has 1 atom stereocenters. The highest BCUT2D eigenvalue weighted by Crippen LogP contribution is 2.27. The maximum Gasteiger partial charge on any atom is 0.256 e. The minimum atomic E-state index is -0.0564. The number of carbonyl (C=O) groups is 1. The number of halogens is 1. The minimum absolute atomic E-state index is 0.0202. The Hall–Kier alpha value is -2.44. The van der Waals surface area contributed by atoms with Gasteiger partial charge in [0.1, 0.15) is 0 Å². The van der Waals surface area contributed by atoms with Crippen molar-refractivity contribution in [2.75, 3.05) is 19.6 Å². The molecule has 1 unspecified atom stereocenters. The van der Waals surface area contributed by atoms with Gasteiger partial charge in [-0.2, -0.15) is 5.10 Å². The van der Waals surface area contributed by atoms with E-state index in [9.17, 15) is 4.79 Å². The van der Waals surface area contributed by atoms with Crippen molar-refractivity contribution in [1.82, 2.24) is 25.0 Å². The summed E-state index contributed by atoms with van der Waals surface area (Å²) in [4.78, 5) is 19.7. The van der Waals surface area contributed by atoms with Crippen LogP contribution < -0.4 is 5.32 Å². The number of carbonyl (C=O) groups excluding carboxylic acids is 1. The number of hydrogen-bond acceptors (Lipinski definition) is 4. The van der Waals surface area contributed by atoms with Gasteiger partial charge in [-0.25, -0.2) is 9.67 Å². The van der Waals surface area contributed by atoms with Crippen LogP contribution in [0.4, 0.5) is 0 Å². The molecule has 0 aliphatic carbocycles. The number of hydrogen-bond donors (Lipinski definition) is 1. The van der Waals surface area contributed by atoms with Crippen molar-refractivity contribution in [3.63, 3.8) is 0 Å². The molecule has 1 fully saturated rings. The zero-order chi connectivity index (χ0) is 19.0. The van der Waals surface area contributed by atoms with Crippen molar-refractivity contribution in [2.24, 2.45) is 0 Å². The lowest BCUT2D eigenvalue weighted by molar-refractivity contribution is 0.0634. The van der Waals surface area contributed by atoms with Gasteiger partial charge in [0, 0.05) is 42.3 Å². The van der Waals surface area contributed by atoms with E-state index >= 15 is 0 Å². The molecule has 1 amide bonds. The maximum absolute atomic E-state index is 13.3. The first-order valence-electron chi connectivity index (χ1n) is 9.15. The van der Waals surface area contributed by atoms with Gasteiger partial charge in [-0.3, -0.25) is 4.79 Å². The van der Waals surface area contributed by atoms with Crippen molar-refractivity contribution in [1.29, 1.82) is 0 Å². The number of nitrogens with zero attached hydrogens (tertiary/aromatic N) is 4. The Labute approximate surface area is 163 Å². The average Bonchev–Trinajstić information content (AvgIpc) is 3.11. The smallest absolute Gasteiger partial charge is 0.256 e. The van der Waals surface area contributed by atoms with Crippen molar-refractivity contribution in [3.05, 3.63) is 58.9 Å². The zero-order valence-electron chi connectivity index (χ0n) is 15.4. The van der Waals surface area contributed by atoms with Crippen LogP contribution in [0.3, 0.4) is 0 Å². The molecule has 1 aliphatic heterocycles. The molecule has 0 bridgehead atoms. The third-order valence-electron chi connectivity index (χ3n) is 4.91. The number of amides is 1. The van der Waals surface area contributed by atoms with Gasteiger partial charge < -0.3 is 10.2 Å². The normalized spacial score (nSPS) is 17.6. The van der Waals surface area contributed by atoms with Gasteiger partial charge in [-0.05, 0) is 37.6 Å². The SMILES string of the molecule is CC(C)n1ncc2cc(C(=O)N3CCNCC3c3cccc(Cl)c3)cnc21. The lowest BCUT2D eigenvalue weighted by Crippen LogP contribution is -2.48. The van der Waals surface area contributed by atoms with Crippen LogP contribution in [0.15, 0.2) is 42.7 Å². The summed E-state index contributed by atoms with van der Waals surface area (Å²) in [7, 11) is 0. The van der Waals surface area contributed by atoms with Crippen LogP contribution in [0.5, 0.6) is 0 Å². The molecule has 1 aliphatic rings. The zero-order valence-corrected chi connectivity index (χ0v) is 16.1. The van der Waals surface area contributed by atoms with E-state index in [1.165, 1.54) is 0 Å². The van der Waals surface area contributed by atoms with E-state index in [0.29, 0.717) is 23.7 Å². The van der Waals surface area contributed by atoms with Crippen LogP contribution in [0.25, 0.3) is 11.0 Å². The number of aromatic nitrogens is 3. The Kier molecular flexibility index (Phi) is 4.85. The third-order valence-corrected chi connectivity index (χ3v) is 5.14. The Morgan fingerprint density at radius 1 is 1.30 bits per heavy atom. The molecular formula is C20H22ClN5O. The summed E-state index contributed by atoms with van der Waals surface area (Å²) in [5.41, 5.74) is 2.41. The molecule has 7 heteroatoms. The molecule has 27 heavy (non-hydrogen) atoms. The first-order chi connectivity index (χ1) is 13.0. The van der Waals surface area contributed by atoms with Crippen LogP contribution in [-0.4, -0.2) is 45.2 Å². The predicted octanol–water partition coefficient (Wildman–Crippen LogP) is 3.45. The molecule has 6 nitrogen and oxygen atoms in total. The monoisotopic (exact) mass is 383 g/mol. The molecular weight excluding hydrogens is 362 g/mol. The van der Waals surface area contributed by atoms with E-state index in [0.717, 1.165) is 23.1 Å². The van der Waals surface area contributed by atoms with Gasteiger partial charge in [0.2, 0.25) is 0 Å². The number of piperazine rings is 1. The van der Waals surface area contributed by atoms with E-state index in [1.807, 2.05) is 39.9 Å². The van der Waals surface area contributed by atoms with Crippen LogP contribution in [-0.2, 0) is 0 Å². The van der Waals surface area contributed by atoms with Crippen molar-refractivity contribution in [2.45, 2.75) is 25.9 Å². The van der Waals surface area contributed by atoms with Crippen LogP contribution in [0.1, 0.15) is 41.9 Å². The molecule has 1 saturated heterocycles. The minimum Gasteiger partial charge on any atom is -0.329 e. The summed E-state index contributed by atoms with van der Waals surface area (Å²) in [6.45, 7) is 6.23. The van der Waals surface area contributed by atoms with Crippen LogP contribution in [0.2, 0.25) is 5.02 Å². The molecule has 0 spiro atoms. The number of pyridine rings is 1. The molecule has 3 heterocycles. The molecule has 140 valence electrons. The molecule has 1 aromatic carbocycles. The quantitative estimate of drug-likeness (QED) is 0.752. The fourth-order valence-corrected chi connectivity index (χ4v) is 3.76. The summed E-state index contributed by atoms with van der Waals surface area (Å²) in [5, 5.41) is 9.31. The predicted molar refractivity (Wildman–Crippen MR) is 106 cm³/mol. The molecule has 4 rings (SSSR count). The second-order valence-electron chi connectivity index (χ2n) is 7.09. The lowest BCUT2D eigenvalue weighted by Gasteiger charge is -2.36. The average molecular weight is 384 g/mol. The molecule has 2 aromatic heterocycles. The van der Waals surface area contributed by atoms with Gasteiger partial charge in [-0.1, -0.05) is 23.7 Å². The first-order valence-corrected chi connectivity index (χ1v) is 9.53. The summed E-state index contributed by atoms with van der Waals surface area (Å²) >= 11 is 6.16. The Balaban J connectivity index is 1.66. The Bertz CT molecular complexity index is 983. The molecule has 0 radical (unpaired) electrons. The topological polar surface area (TPSA) is 63.1 Å². The van der Waals surface area contributed by atoms with Gasteiger partial charge >= 0.3 is 0 Å². The Morgan fingerprint density at radius 3 is 2.93 bits per heavy atom. The van der Waals surface area contributed by atoms with E-state index in [1.54, 1.807) is 12.4 Å². The van der Waals surface area contributed by atoms with Crippen LogP contribution >= 0.6 is 11.6 Å². The van der Waals surface area contributed by atoms with Gasteiger partial charge in [0.15, 0.2) is 5.65 Å². The van der Waals surface area contributed by atoms with Crippen molar-refractivity contribution in [3.8, 4) is 0 Å². The number of rotatable bonds is 3. The second-order valence-corrected chi connectivity index (χ2v) is 7.53. The molecule has 1 N–H and O–H groups in total. The summed E-state index contributed by atoms with van der Waals surface area (Å²) in [5.74, 6) is -0.0202. The molecule has 3 aromatic rings. The van der Waals surface area contributed by atoms with Crippen LogP contribution in [0, 0.1) is 0 Å². The lowest BCUT2D eigenvalue weighted by atomic mass is 10.0. The largest absolute Gasteiger partial charge is 0.329 e. The summed E-state index contributed by atoms with van der Waals surface area (Å²) in [6, 6.07) is 9.75.